The van der Waals surface area contributed by atoms with Gasteiger partial charge >= 0.3 is 0 Å². The van der Waals surface area contributed by atoms with Crippen LogP contribution in [0, 0.1) is 13.8 Å². The van der Waals surface area contributed by atoms with Gasteiger partial charge in [0.25, 0.3) is 0 Å². The molecule has 11 heteroatoms. The molecular weight excluding hydrogens is 438 g/mol. The topological polar surface area (TPSA) is 101 Å². The minimum atomic E-state index is -3.74. The van der Waals surface area contributed by atoms with E-state index in [9.17, 15) is 18.0 Å². The fourth-order valence-corrected chi connectivity index (χ4v) is 6.09. The number of aryl methyl sites for hydroxylation is 2. The van der Waals surface area contributed by atoms with E-state index in [1.54, 1.807) is 30.9 Å². The van der Waals surface area contributed by atoms with Crippen LogP contribution < -0.4 is 0 Å². The van der Waals surface area contributed by atoms with Crippen LogP contribution in [0.3, 0.4) is 0 Å². The van der Waals surface area contributed by atoms with Crippen LogP contribution in [0.25, 0.3) is 0 Å². The van der Waals surface area contributed by atoms with Gasteiger partial charge in [0.15, 0.2) is 11.5 Å². The highest BCUT2D eigenvalue weighted by atomic mass is 35.5. The molecule has 1 saturated heterocycles. The number of amides is 1. The van der Waals surface area contributed by atoms with Gasteiger partial charge in [0, 0.05) is 39.0 Å². The predicted molar refractivity (Wildman–Crippen MR) is 109 cm³/mol. The summed E-state index contributed by atoms with van der Waals surface area (Å²) in [5.74, 6) is -0.0165. The molecular formula is C18H22ClN3O5S2. The van der Waals surface area contributed by atoms with E-state index in [0.29, 0.717) is 34.4 Å². The summed E-state index contributed by atoms with van der Waals surface area (Å²) in [4.78, 5) is 27.0. The Labute approximate surface area is 178 Å². The Morgan fingerprint density at radius 3 is 2.55 bits per heavy atom. The van der Waals surface area contributed by atoms with Crippen molar-refractivity contribution < 1.29 is 22.5 Å². The number of carbonyl (C=O) groups is 2. The number of sulfonamides is 1. The van der Waals surface area contributed by atoms with E-state index in [4.69, 9.17) is 16.1 Å². The van der Waals surface area contributed by atoms with Crippen molar-refractivity contribution in [2.24, 2.45) is 0 Å². The number of aromatic nitrogens is 1. The molecule has 1 aliphatic heterocycles. The highest BCUT2D eigenvalue weighted by Crippen LogP contribution is 2.25. The lowest BCUT2D eigenvalue weighted by Gasteiger charge is -2.21. The van der Waals surface area contributed by atoms with Gasteiger partial charge in [0.2, 0.25) is 15.9 Å². The summed E-state index contributed by atoms with van der Waals surface area (Å²) in [7, 11) is -3.74. The summed E-state index contributed by atoms with van der Waals surface area (Å²) in [6.45, 7) is 4.38. The molecule has 0 unspecified atom stereocenters. The lowest BCUT2D eigenvalue weighted by Crippen LogP contribution is -2.37. The Balaban J connectivity index is 1.59. The van der Waals surface area contributed by atoms with Crippen LogP contribution in [0.1, 0.15) is 40.4 Å². The molecule has 0 spiro atoms. The van der Waals surface area contributed by atoms with Crippen LogP contribution in [0.5, 0.6) is 0 Å². The van der Waals surface area contributed by atoms with Crippen LogP contribution in [0.4, 0.5) is 0 Å². The van der Waals surface area contributed by atoms with E-state index in [0.717, 1.165) is 0 Å². The van der Waals surface area contributed by atoms with Crippen molar-refractivity contribution in [2.45, 2.75) is 38.0 Å². The normalized spacial score (nSPS) is 16.0. The van der Waals surface area contributed by atoms with Crippen molar-refractivity contribution in [2.75, 3.05) is 26.2 Å². The second-order valence-electron chi connectivity index (χ2n) is 6.82. The summed E-state index contributed by atoms with van der Waals surface area (Å²) in [6, 6.07) is 3.31. The largest absolute Gasteiger partial charge is 0.360 e. The first-order valence-corrected chi connectivity index (χ1v) is 11.8. The van der Waals surface area contributed by atoms with E-state index in [-0.39, 0.29) is 48.3 Å². The molecule has 0 atom stereocenters. The van der Waals surface area contributed by atoms with Crippen LogP contribution in [-0.4, -0.2) is 60.6 Å². The van der Waals surface area contributed by atoms with Crippen LogP contribution in [-0.2, 0) is 14.8 Å². The van der Waals surface area contributed by atoms with Gasteiger partial charge in [-0.1, -0.05) is 16.8 Å². The van der Waals surface area contributed by atoms with Gasteiger partial charge in [0.1, 0.15) is 10.6 Å². The molecule has 8 nitrogen and oxygen atoms in total. The second kappa shape index (κ2) is 8.95. The SMILES string of the molecule is Cc1noc(C)c1S(=O)(=O)N1CCCN(C(=O)CCC(=O)c2ccc(Cl)s2)CC1. The number of hydrogen-bond donors (Lipinski definition) is 0. The van der Waals surface area contributed by atoms with Gasteiger partial charge < -0.3 is 9.42 Å². The molecule has 1 fully saturated rings. The van der Waals surface area contributed by atoms with Gasteiger partial charge in [-0.2, -0.15) is 4.31 Å². The summed E-state index contributed by atoms with van der Waals surface area (Å²) >= 11 is 7.04. The number of hydrogen-bond acceptors (Lipinski definition) is 7. The summed E-state index contributed by atoms with van der Waals surface area (Å²) < 4.78 is 32.8. The average molecular weight is 460 g/mol. The van der Waals surface area contributed by atoms with Gasteiger partial charge in [-0.25, -0.2) is 8.42 Å². The van der Waals surface area contributed by atoms with Gasteiger partial charge in [-0.05, 0) is 32.4 Å². The Hall–Kier alpha value is -1.75. The molecule has 0 aliphatic carbocycles. The molecule has 1 aliphatic rings. The molecule has 0 radical (unpaired) electrons. The number of ketones is 1. The molecule has 2 aromatic rings. The molecule has 0 bridgehead atoms. The fourth-order valence-electron chi connectivity index (χ4n) is 3.32. The molecule has 29 heavy (non-hydrogen) atoms. The van der Waals surface area contributed by atoms with Crippen LogP contribution in [0.15, 0.2) is 21.6 Å². The molecule has 0 N–H and O–H groups in total. The van der Waals surface area contributed by atoms with Crippen molar-refractivity contribution in [1.82, 2.24) is 14.4 Å². The predicted octanol–water partition coefficient (Wildman–Crippen LogP) is 2.89. The summed E-state index contributed by atoms with van der Waals surface area (Å²) in [6.07, 6.45) is 0.709. The zero-order chi connectivity index (χ0) is 21.2. The first-order valence-electron chi connectivity index (χ1n) is 9.19. The van der Waals surface area contributed by atoms with E-state index in [1.165, 1.54) is 15.6 Å². The molecule has 0 saturated carbocycles. The number of Topliss-reactive ketones (excluding diaryl/α,β-unsaturated/α-hetero) is 1. The minimum absolute atomic E-state index is 0.0883. The minimum Gasteiger partial charge on any atom is -0.360 e. The highest BCUT2D eigenvalue weighted by molar-refractivity contribution is 7.89. The first kappa shape index (κ1) is 21.9. The van der Waals surface area contributed by atoms with Gasteiger partial charge in [-0.15, -0.1) is 11.3 Å². The zero-order valence-electron chi connectivity index (χ0n) is 16.2. The Morgan fingerprint density at radius 1 is 1.17 bits per heavy atom. The molecule has 158 valence electrons. The monoisotopic (exact) mass is 459 g/mol. The standard InChI is InChI=1S/C18H22ClN3O5S2/c1-12-18(13(2)27-20-12)29(25,26)22-9-3-8-21(10-11-22)17(24)7-4-14(23)15-5-6-16(19)28-15/h5-6H,3-4,7-11H2,1-2H3. The lowest BCUT2D eigenvalue weighted by molar-refractivity contribution is -0.131. The Morgan fingerprint density at radius 2 is 1.93 bits per heavy atom. The summed E-state index contributed by atoms with van der Waals surface area (Å²) in [5.41, 5.74) is 0.326. The molecule has 1 amide bonds. The fraction of sp³-hybridized carbons (Fsp3) is 0.500. The maximum Gasteiger partial charge on any atom is 0.248 e. The summed E-state index contributed by atoms with van der Waals surface area (Å²) in [5, 5.41) is 3.73. The molecule has 0 aromatic carbocycles. The number of thiophene rings is 1. The van der Waals surface area contributed by atoms with Crippen molar-refractivity contribution in [3.63, 3.8) is 0 Å². The third kappa shape index (κ3) is 4.88. The number of halogens is 1. The number of carbonyl (C=O) groups excluding carboxylic acids is 2. The van der Waals surface area contributed by atoms with Crippen LogP contribution in [0.2, 0.25) is 4.34 Å². The quantitative estimate of drug-likeness (QED) is 0.615. The van der Waals surface area contributed by atoms with E-state index < -0.39 is 10.0 Å². The first-order chi connectivity index (χ1) is 13.7. The van der Waals surface area contributed by atoms with Crippen molar-refractivity contribution >= 4 is 44.7 Å². The maximum atomic E-state index is 13.0. The van der Waals surface area contributed by atoms with E-state index in [1.807, 2.05) is 0 Å². The second-order valence-corrected chi connectivity index (χ2v) is 10.4. The van der Waals surface area contributed by atoms with Gasteiger partial charge in [0.05, 0.1) is 9.21 Å². The molecule has 2 aromatic heterocycles. The third-order valence-electron chi connectivity index (χ3n) is 4.79. The van der Waals surface area contributed by atoms with Gasteiger partial charge in [-0.3, -0.25) is 9.59 Å². The Bertz CT molecular complexity index is 995. The zero-order valence-corrected chi connectivity index (χ0v) is 18.6. The third-order valence-corrected chi connectivity index (χ3v) is 8.20. The van der Waals surface area contributed by atoms with E-state index >= 15 is 0 Å². The highest BCUT2D eigenvalue weighted by Gasteiger charge is 2.32. The number of rotatable bonds is 6. The molecule has 3 rings (SSSR count). The number of nitrogens with zero attached hydrogens (tertiary/aromatic N) is 3. The van der Waals surface area contributed by atoms with E-state index in [2.05, 4.69) is 5.16 Å². The lowest BCUT2D eigenvalue weighted by atomic mass is 10.2. The van der Waals surface area contributed by atoms with Crippen molar-refractivity contribution in [3.05, 3.63) is 32.8 Å². The van der Waals surface area contributed by atoms with Crippen molar-refractivity contribution in [3.8, 4) is 0 Å². The smallest absolute Gasteiger partial charge is 0.248 e. The van der Waals surface area contributed by atoms with Crippen LogP contribution >= 0.6 is 22.9 Å². The van der Waals surface area contributed by atoms with Crippen molar-refractivity contribution in [1.29, 1.82) is 0 Å². The maximum absolute atomic E-state index is 13.0. The Kier molecular flexibility index (Phi) is 6.77. The molecule has 3 heterocycles. The average Bonchev–Trinajstić information content (AvgIpc) is 3.14.